The van der Waals surface area contributed by atoms with Crippen LogP contribution in [-0.2, 0) is 0 Å². The van der Waals surface area contributed by atoms with Crippen molar-refractivity contribution in [3.63, 3.8) is 0 Å². The van der Waals surface area contributed by atoms with E-state index < -0.39 is 5.63 Å². The molecule has 0 saturated heterocycles. The maximum absolute atomic E-state index is 11.9. The van der Waals surface area contributed by atoms with Crippen molar-refractivity contribution >= 4 is 22.9 Å². The first kappa shape index (κ1) is 13.9. The number of fused-ring (bicyclic) bond motifs is 1. The van der Waals surface area contributed by atoms with Gasteiger partial charge in [-0.3, -0.25) is 4.99 Å². The predicted octanol–water partition coefficient (Wildman–Crippen LogP) is 3.26. The summed E-state index contributed by atoms with van der Waals surface area (Å²) in [4.78, 5) is 16.1. The lowest BCUT2D eigenvalue weighted by molar-refractivity contribution is 0.461. The van der Waals surface area contributed by atoms with Gasteiger partial charge in [0.1, 0.15) is 22.6 Å². The van der Waals surface area contributed by atoms with Crippen molar-refractivity contribution in [1.82, 2.24) is 0 Å². The van der Waals surface area contributed by atoms with E-state index in [9.17, 15) is 15.0 Å². The maximum atomic E-state index is 11.9. The lowest BCUT2D eigenvalue weighted by Gasteiger charge is -2.03. The highest BCUT2D eigenvalue weighted by Crippen LogP contribution is 2.28. The smallest absolute Gasteiger partial charge is 0.348 e. The third-order valence-electron chi connectivity index (χ3n) is 3.27. The largest absolute Gasteiger partial charge is 0.508 e. The number of benzene rings is 2. The van der Waals surface area contributed by atoms with Gasteiger partial charge in [-0.15, -0.1) is 0 Å². The average Bonchev–Trinajstić information content (AvgIpc) is 2.48. The summed E-state index contributed by atoms with van der Waals surface area (Å²) in [5, 5.41) is 19.9. The first-order valence-electron chi connectivity index (χ1n) is 6.64. The van der Waals surface area contributed by atoms with Crippen LogP contribution in [0.15, 0.2) is 56.7 Å². The minimum absolute atomic E-state index is 0.0289. The van der Waals surface area contributed by atoms with Gasteiger partial charge in [0.05, 0.1) is 11.1 Å². The fraction of sp³-hybridized carbons (Fsp3) is 0.0588. The van der Waals surface area contributed by atoms with Gasteiger partial charge in [0.2, 0.25) is 0 Å². The van der Waals surface area contributed by atoms with Gasteiger partial charge < -0.3 is 14.6 Å². The molecule has 3 aromatic rings. The predicted molar refractivity (Wildman–Crippen MR) is 84.2 cm³/mol. The number of aryl methyl sites for hydroxylation is 1. The summed E-state index contributed by atoms with van der Waals surface area (Å²) in [7, 11) is 0. The molecule has 2 aromatic carbocycles. The summed E-state index contributed by atoms with van der Waals surface area (Å²) < 4.78 is 5.10. The SMILES string of the molecule is Cc1ccc(N=Cc2c(O)c3ccc(O)cc3oc2=O)cc1. The van der Waals surface area contributed by atoms with Crippen LogP contribution in [0, 0.1) is 6.92 Å². The Hall–Kier alpha value is -3.08. The number of phenolic OH excluding ortho intramolecular Hbond substituents is 1. The van der Waals surface area contributed by atoms with Gasteiger partial charge in [-0.2, -0.15) is 0 Å². The zero-order valence-electron chi connectivity index (χ0n) is 11.8. The second-order valence-corrected chi connectivity index (χ2v) is 4.93. The van der Waals surface area contributed by atoms with Crippen LogP contribution in [0.3, 0.4) is 0 Å². The van der Waals surface area contributed by atoms with Crippen LogP contribution < -0.4 is 5.63 Å². The second-order valence-electron chi connectivity index (χ2n) is 4.93. The third-order valence-corrected chi connectivity index (χ3v) is 3.27. The first-order chi connectivity index (χ1) is 10.5. The first-order valence-corrected chi connectivity index (χ1v) is 6.64. The second kappa shape index (κ2) is 5.37. The molecule has 2 N–H and O–H groups in total. The number of nitrogens with zero attached hydrogens (tertiary/aromatic N) is 1. The zero-order valence-corrected chi connectivity index (χ0v) is 11.8. The van der Waals surface area contributed by atoms with E-state index in [2.05, 4.69) is 4.99 Å². The summed E-state index contributed by atoms with van der Waals surface area (Å²) in [6, 6.07) is 11.6. The van der Waals surface area contributed by atoms with Crippen LogP contribution in [0.1, 0.15) is 11.1 Å². The quantitative estimate of drug-likeness (QED) is 0.561. The summed E-state index contributed by atoms with van der Waals surface area (Å²) in [6.07, 6.45) is 1.28. The Morgan fingerprint density at radius 2 is 1.82 bits per heavy atom. The number of aromatic hydroxyl groups is 2. The van der Waals surface area contributed by atoms with Crippen molar-refractivity contribution in [2.45, 2.75) is 6.92 Å². The molecule has 1 aromatic heterocycles. The average molecular weight is 295 g/mol. The van der Waals surface area contributed by atoms with Crippen LogP contribution >= 0.6 is 0 Å². The molecule has 5 heteroatoms. The van der Waals surface area contributed by atoms with Crippen LogP contribution in [0.2, 0.25) is 0 Å². The van der Waals surface area contributed by atoms with Crippen molar-refractivity contribution in [3.05, 3.63) is 64.0 Å². The van der Waals surface area contributed by atoms with E-state index >= 15 is 0 Å². The maximum Gasteiger partial charge on any atom is 0.348 e. The number of hydrogen-bond donors (Lipinski definition) is 2. The van der Waals surface area contributed by atoms with E-state index in [-0.39, 0.29) is 22.6 Å². The molecule has 0 aliphatic rings. The molecule has 0 bridgehead atoms. The number of aliphatic imine (C=N–C) groups is 1. The molecule has 0 aliphatic heterocycles. The molecule has 0 spiro atoms. The summed E-state index contributed by atoms with van der Waals surface area (Å²) in [6.45, 7) is 1.96. The highest BCUT2D eigenvalue weighted by atomic mass is 16.4. The molecule has 110 valence electrons. The Kier molecular flexibility index (Phi) is 3.39. The van der Waals surface area contributed by atoms with Crippen LogP contribution in [0.4, 0.5) is 5.69 Å². The Morgan fingerprint density at radius 3 is 2.55 bits per heavy atom. The molecule has 22 heavy (non-hydrogen) atoms. The molecule has 0 atom stereocenters. The molecule has 0 unspecified atom stereocenters. The number of rotatable bonds is 2. The van der Waals surface area contributed by atoms with E-state index in [4.69, 9.17) is 4.42 Å². The van der Waals surface area contributed by atoms with Gasteiger partial charge in [-0.25, -0.2) is 4.79 Å². The molecule has 0 saturated carbocycles. The fourth-order valence-corrected chi connectivity index (χ4v) is 2.07. The Morgan fingerprint density at radius 1 is 1.09 bits per heavy atom. The number of hydrogen-bond acceptors (Lipinski definition) is 5. The lowest BCUT2D eigenvalue weighted by atomic mass is 10.1. The van der Waals surface area contributed by atoms with Gasteiger partial charge in [-0.1, -0.05) is 17.7 Å². The minimum atomic E-state index is -0.716. The van der Waals surface area contributed by atoms with Crippen molar-refractivity contribution in [1.29, 1.82) is 0 Å². The Bertz CT molecular complexity index is 924. The molecule has 3 rings (SSSR count). The highest BCUT2D eigenvalue weighted by Gasteiger charge is 2.12. The summed E-state index contributed by atoms with van der Waals surface area (Å²) in [5.74, 6) is -0.266. The molecule has 0 fully saturated rings. The van der Waals surface area contributed by atoms with Gasteiger partial charge in [0, 0.05) is 12.3 Å². The lowest BCUT2D eigenvalue weighted by Crippen LogP contribution is -2.06. The van der Waals surface area contributed by atoms with Crippen LogP contribution in [0.25, 0.3) is 11.0 Å². The van der Waals surface area contributed by atoms with Crippen LogP contribution in [-0.4, -0.2) is 16.4 Å². The van der Waals surface area contributed by atoms with E-state index in [1.54, 1.807) is 0 Å². The van der Waals surface area contributed by atoms with Gasteiger partial charge in [-0.05, 0) is 31.2 Å². The van der Waals surface area contributed by atoms with Crippen LogP contribution in [0.5, 0.6) is 11.5 Å². The standard InChI is InChI=1S/C17H13NO4/c1-10-2-4-11(5-3-10)18-9-14-16(20)13-7-6-12(19)8-15(13)22-17(14)21/h2-9,19-20H,1H3. The van der Waals surface area contributed by atoms with E-state index in [0.717, 1.165) is 5.56 Å². The van der Waals surface area contributed by atoms with Crippen molar-refractivity contribution in [3.8, 4) is 11.5 Å². The van der Waals surface area contributed by atoms with Gasteiger partial charge in [0.25, 0.3) is 0 Å². The third kappa shape index (κ3) is 2.56. The fourth-order valence-electron chi connectivity index (χ4n) is 2.07. The normalized spacial score (nSPS) is 11.3. The monoisotopic (exact) mass is 295 g/mol. The zero-order chi connectivity index (χ0) is 15.7. The van der Waals surface area contributed by atoms with Crippen molar-refractivity contribution in [2.75, 3.05) is 0 Å². The molecule has 0 amide bonds. The number of phenols is 1. The molecule has 0 radical (unpaired) electrons. The molecular weight excluding hydrogens is 282 g/mol. The van der Waals surface area contributed by atoms with Gasteiger partial charge >= 0.3 is 5.63 Å². The highest BCUT2D eigenvalue weighted by molar-refractivity contribution is 5.94. The van der Waals surface area contributed by atoms with E-state index in [0.29, 0.717) is 11.1 Å². The Balaban J connectivity index is 2.09. The Labute approximate surface area is 125 Å². The van der Waals surface area contributed by atoms with Crippen molar-refractivity contribution < 1.29 is 14.6 Å². The molecule has 5 nitrogen and oxygen atoms in total. The van der Waals surface area contributed by atoms with E-state index in [1.165, 1.54) is 24.4 Å². The van der Waals surface area contributed by atoms with E-state index in [1.807, 2.05) is 31.2 Å². The molecule has 1 heterocycles. The van der Waals surface area contributed by atoms with Crippen molar-refractivity contribution in [2.24, 2.45) is 4.99 Å². The summed E-state index contributed by atoms with van der Waals surface area (Å²) >= 11 is 0. The molecule has 0 aliphatic carbocycles. The molecular formula is C17H13NO4. The van der Waals surface area contributed by atoms with Gasteiger partial charge in [0.15, 0.2) is 0 Å². The topological polar surface area (TPSA) is 83.0 Å². The summed E-state index contributed by atoms with van der Waals surface area (Å²) in [5.41, 5.74) is 1.14. The minimum Gasteiger partial charge on any atom is -0.508 e.